The van der Waals surface area contributed by atoms with Gasteiger partial charge in [-0.05, 0) is 31.5 Å². The van der Waals surface area contributed by atoms with Crippen LogP contribution in [-0.2, 0) is 10.8 Å². The minimum atomic E-state index is -0.922. The molecule has 1 unspecified atom stereocenters. The number of nitrogens with zero attached hydrogens (tertiary/aromatic N) is 1. The van der Waals surface area contributed by atoms with Gasteiger partial charge >= 0.3 is 0 Å². The summed E-state index contributed by atoms with van der Waals surface area (Å²) in [5.41, 5.74) is 2.06. The topological polar surface area (TPSA) is 30.0 Å². The van der Waals surface area contributed by atoms with Crippen molar-refractivity contribution in [3.63, 3.8) is 0 Å². The van der Waals surface area contributed by atoms with Crippen LogP contribution in [0.2, 0.25) is 0 Å². The molecule has 0 fully saturated rings. The average molecular weight is 183 g/mol. The smallest absolute Gasteiger partial charge is 0.127 e. The first-order valence-corrected chi connectivity index (χ1v) is 5.29. The minimum Gasteiger partial charge on any atom is -0.253 e. The summed E-state index contributed by atoms with van der Waals surface area (Å²) in [5.74, 6) is 0.635. The molecule has 0 bridgehead atoms. The third-order valence-corrected chi connectivity index (χ3v) is 2.77. The first-order valence-electron chi connectivity index (χ1n) is 3.97. The quantitative estimate of drug-likeness (QED) is 0.700. The normalized spacial score (nSPS) is 12.9. The molecule has 3 heteroatoms. The Bertz CT molecular complexity index is 289. The Morgan fingerprint density at radius 1 is 1.42 bits per heavy atom. The fraction of sp³-hybridized carbons (Fsp3) is 0.444. The van der Waals surface area contributed by atoms with Crippen LogP contribution < -0.4 is 0 Å². The molecule has 2 nitrogen and oxygen atoms in total. The summed E-state index contributed by atoms with van der Waals surface area (Å²) in [7, 11) is -0.922. The van der Waals surface area contributed by atoms with Gasteiger partial charge in [0, 0.05) is 11.4 Å². The van der Waals surface area contributed by atoms with Crippen LogP contribution in [0, 0.1) is 13.8 Å². The van der Waals surface area contributed by atoms with Crippen molar-refractivity contribution in [2.75, 3.05) is 5.75 Å². The SMILES string of the molecule is CCS(=O)c1cc(C)cc(C)n1. The van der Waals surface area contributed by atoms with Crippen molar-refractivity contribution in [3.05, 3.63) is 23.4 Å². The van der Waals surface area contributed by atoms with Gasteiger partial charge in [-0.2, -0.15) is 0 Å². The van der Waals surface area contributed by atoms with Crippen molar-refractivity contribution < 1.29 is 4.21 Å². The molecular weight excluding hydrogens is 170 g/mol. The lowest BCUT2D eigenvalue weighted by Crippen LogP contribution is -1.99. The van der Waals surface area contributed by atoms with E-state index in [0.29, 0.717) is 10.8 Å². The van der Waals surface area contributed by atoms with Crippen molar-refractivity contribution in [1.82, 2.24) is 4.98 Å². The molecule has 1 aromatic rings. The van der Waals surface area contributed by atoms with Gasteiger partial charge in [-0.15, -0.1) is 0 Å². The van der Waals surface area contributed by atoms with Gasteiger partial charge in [0.15, 0.2) is 0 Å². The van der Waals surface area contributed by atoms with Crippen LogP contribution >= 0.6 is 0 Å². The molecule has 1 rings (SSSR count). The predicted molar refractivity (Wildman–Crippen MR) is 50.7 cm³/mol. The zero-order valence-electron chi connectivity index (χ0n) is 7.63. The van der Waals surface area contributed by atoms with E-state index < -0.39 is 10.8 Å². The maximum atomic E-state index is 11.4. The Balaban J connectivity index is 3.08. The number of hydrogen-bond acceptors (Lipinski definition) is 2. The van der Waals surface area contributed by atoms with Crippen LogP contribution in [0.15, 0.2) is 17.2 Å². The van der Waals surface area contributed by atoms with E-state index in [-0.39, 0.29) is 0 Å². The second-order valence-corrected chi connectivity index (χ2v) is 4.44. The van der Waals surface area contributed by atoms with Crippen molar-refractivity contribution >= 4 is 10.8 Å². The first kappa shape index (κ1) is 9.39. The maximum Gasteiger partial charge on any atom is 0.127 e. The van der Waals surface area contributed by atoms with E-state index >= 15 is 0 Å². The first-order chi connectivity index (χ1) is 5.63. The molecule has 12 heavy (non-hydrogen) atoms. The second-order valence-electron chi connectivity index (χ2n) is 2.76. The second kappa shape index (κ2) is 3.81. The predicted octanol–water partition coefficient (Wildman–Crippen LogP) is 1.83. The zero-order chi connectivity index (χ0) is 9.14. The molecule has 0 N–H and O–H groups in total. The molecule has 0 spiro atoms. The van der Waals surface area contributed by atoms with Crippen LogP contribution in [0.25, 0.3) is 0 Å². The largest absolute Gasteiger partial charge is 0.253 e. The van der Waals surface area contributed by atoms with E-state index in [4.69, 9.17) is 0 Å². The summed E-state index contributed by atoms with van der Waals surface area (Å²) in [6.07, 6.45) is 0. The van der Waals surface area contributed by atoms with Gasteiger partial charge in [-0.3, -0.25) is 4.21 Å². The van der Waals surface area contributed by atoms with Crippen LogP contribution in [0.3, 0.4) is 0 Å². The van der Waals surface area contributed by atoms with Gasteiger partial charge < -0.3 is 0 Å². The van der Waals surface area contributed by atoms with Gasteiger partial charge in [-0.1, -0.05) is 6.92 Å². The molecule has 0 amide bonds. The summed E-state index contributed by atoms with van der Waals surface area (Å²) in [6, 6.07) is 3.86. The van der Waals surface area contributed by atoms with Crippen molar-refractivity contribution in [2.45, 2.75) is 25.8 Å². The van der Waals surface area contributed by atoms with Crippen LogP contribution in [0.1, 0.15) is 18.2 Å². The lowest BCUT2D eigenvalue weighted by Gasteiger charge is -2.01. The number of hydrogen-bond donors (Lipinski definition) is 0. The number of aromatic nitrogens is 1. The van der Waals surface area contributed by atoms with Crippen molar-refractivity contribution in [1.29, 1.82) is 0 Å². The highest BCUT2D eigenvalue weighted by Crippen LogP contribution is 2.08. The monoisotopic (exact) mass is 183 g/mol. The molecule has 1 heterocycles. The fourth-order valence-corrected chi connectivity index (χ4v) is 1.93. The van der Waals surface area contributed by atoms with Crippen molar-refractivity contribution in [2.24, 2.45) is 0 Å². The van der Waals surface area contributed by atoms with Crippen LogP contribution in [0.5, 0.6) is 0 Å². The van der Waals surface area contributed by atoms with Gasteiger partial charge in [0.25, 0.3) is 0 Å². The molecule has 0 radical (unpaired) electrons. The summed E-state index contributed by atoms with van der Waals surface area (Å²) < 4.78 is 11.4. The Kier molecular flexibility index (Phi) is 2.98. The molecule has 0 aromatic carbocycles. The molecule has 66 valence electrons. The van der Waals surface area contributed by atoms with Crippen molar-refractivity contribution in [3.8, 4) is 0 Å². The van der Waals surface area contributed by atoms with E-state index in [1.54, 1.807) is 0 Å². The van der Waals surface area contributed by atoms with E-state index in [0.717, 1.165) is 11.3 Å². The Morgan fingerprint density at radius 2 is 2.08 bits per heavy atom. The minimum absolute atomic E-state index is 0.635. The molecule has 1 aromatic heterocycles. The summed E-state index contributed by atoms with van der Waals surface area (Å²) in [4.78, 5) is 4.20. The number of pyridine rings is 1. The Hall–Kier alpha value is -0.700. The highest BCUT2D eigenvalue weighted by molar-refractivity contribution is 7.84. The summed E-state index contributed by atoms with van der Waals surface area (Å²) in [5, 5.41) is 0.704. The third kappa shape index (κ3) is 2.14. The fourth-order valence-electron chi connectivity index (χ4n) is 1.07. The standard InChI is InChI=1S/C9H13NOS/c1-4-12(11)9-6-7(2)5-8(3)10-9/h5-6H,4H2,1-3H3. The number of aryl methyl sites for hydroxylation is 2. The van der Waals surface area contributed by atoms with Gasteiger partial charge in [0.2, 0.25) is 0 Å². The molecule has 0 saturated carbocycles. The lowest BCUT2D eigenvalue weighted by molar-refractivity contribution is 0.680. The van der Waals surface area contributed by atoms with E-state index in [1.807, 2.05) is 32.9 Å². The third-order valence-electron chi connectivity index (χ3n) is 1.57. The number of rotatable bonds is 2. The zero-order valence-corrected chi connectivity index (χ0v) is 8.44. The van der Waals surface area contributed by atoms with E-state index in [2.05, 4.69) is 4.98 Å². The molecular formula is C9H13NOS. The van der Waals surface area contributed by atoms with E-state index in [9.17, 15) is 4.21 Å². The van der Waals surface area contributed by atoms with Gasteiger partial charge in [0.05, 0.1) is 10.8 Å². The van der Waals surface area contributed by atoms with Crippen LogP contribution in [0.4, 0.5) is 0 Å². The Labute approximate surface area is 75.5 Å². The Morgan fingerprint density at radius 3 is 2.58 bits per heavy atom. The average Bonchev–Trinajstić information content (AvgIpc) is 2.01. The highest BCUT2D eigenvalue weighted by Gasteiger charge is 2.03. The molecule has 0 saturated heterocycles. The van der Waals surface area contributed by atoms with Crippen LogP contribution in [-0.4, -0.2) is 14.9 Å². The van der Waals surface area contributed by atoms with E-state index in [1.165, 1.54) is 0 Å². The summed E-state index contributed by atoms with van der Waals surface area (Å²) >= 11 is 0. The van der Waals surface area contributed by atoms with Gasteiger partial charge in [0.1, 0.15) is 5.03 Å². The molecule has 0 aliphatic carbocycles. The lowest BCUT2D eigenvalue weighted by atomic mass is 10.3. The maximum absolute atomic E-state index is 11.4. The highest BCUT2D eigenvalue weighted by atomic mass is 32.2. The molecule has 0 aliphatic rings. The summed E-state index contributed by atoms with van der Waals surface area (Å²) in [6.45, 7) is 5.81. The van der Waals surface area contributed by atoms with Gasteiger partial charge in [-0.25, -0.2) is 4.98 Å². The molecule has 1 atom stereocenters. The molecule has 0 aliphatic heterocycles.